The number of halogens is 2. The number of hydrogen-bond acceptors (Lipinski definition) is 2. The number of rotatable bonds is 2. The Morgan fingerprint density at radius 3 is 2.71 bits per heavy atom. The molecule has 1 saturated heterocycles. The molecule has 0 atom stereocenters. The lowest BCUT2D eigenvalue weighted by atomic mass is 10.0. The number of aryl methyl sites for hydroxylation is 1. The lowest BCUT2D eigenvalue weighted by molar-refractivity contribution is -0.123. The number of nitrogens with zero attached hydrogens (tertiary/aromatic N) is 1. The van der Waals surface area contributed by atoms with Crippen molar-refractivity contribution in [1.29, 1.82) is 0 Å². The zero-order chi connectivity index (χ0) is 12.6. The van der Waals surface area contributed by atoms with Crippen LogP contribution in [-0.4, -0.2) is 26.0 Å². The van der Waals surface area contributed by atoms with Crippen LogP contribution in [0.1, 0.15) is 5.56 Å². The minimum absolute atomic E-state index is 0.0274. The van der Waals surface area contributed by atoms with E-state index in [4.69, 9.17) is 11.6 Å². The van der Waals surface area contributed by atoms with E-state index in [1.54, 1.807) is 14.0 Å². The summed E-state index contributed by atoms with van der Waals surface area (Å²) in [6.45, 7) is 2.99. The highest BCUT2D eigenvalue weighted by molar-refractivity contribution is 6.33. The van der Waals surface area contributed by atoms with E-state index in [1.165, 1.54) is 17.0 Å². The topological polar surface area (TPSA) is 32.3 Å². The van der Waals surface area contributed by atoms with Crippen molar-refractivity contribution in [1.82, 2.24) is 5.32 Å². The van der Waals surface area contributed by atoms with Crippen molar-refractivity contribution in [3.63, 3.8) is 0 Å². The first-order chi connectivity index (χ1) is 8.00. The van der Waals surface area contributed by atoms with Gasteiger partial charge in [0.15, 0.2) is 0 Å². The Labute approximate surface area is 105 Å². The van der Waals surface area contributed by atoms with Crippen LogP contribution in [0.3, 0.4) is 0 Å². The molecule has 0 spiro atoms. The lowest BCUT2D eigenvalue weighted by Crippen LogP contribution is -2.51. The smallest absolute Gasteiger partial charge is 0.232 e. The second-order valence-corrected chi connectivity index (χ2v) is 4.71. The van der Waals surface area contributed by atoms with Crippen molar-refractivity contribution in [3.05, 3.63) is 28.5 Å². The molecule has 2 rings (SSSR count). The molecule has 0 unspecified atom stereocenters. The third-order valence-corrected chi connectivity index (χ3v) is 3.35. The summed E-state index contributed by atoms with van der Waals surface area (Å²) in [4.78, 5) is 13.4. The van der Waals surface area contributed by atoms with Crippen LogP contribution < -0.4 is 10.2 Å². The molecule has 92 valence electrons. The predicted molar refractivity (Wildman–Crippen MR) is 65.9 cm³/mol. The summed E-state index contributed by atoms with van der Waals surface area (Å²) in [5.41, 5.74) is 0.900. The molecule has 0 bridgehead atoms. The van der Waals surface area contributed by atoms with Crippen molar-refractivity contribution in [2.45, 2.75) is 6.92 Å². The fourth-order valence-corrected chi connectivity index (χ4v) is 2.09. The quantitative estimate of drug-likeness (QED) is 0.878. The van der Waals surface area contributed by atoms with E-state index in [2.05, 4.69) is 5.32 Å². The molecule has 1 heterocycles. The van der Waals surface area contributed by atoms with Gasteiger partial charge in [-0.25, -0.2) is 4.39 Å². The standard InChI is InChI=1S/C12H14ClFN2O/c1-7-3-9(13)11(4-10(7)14)16(2)12(17)8-5-15-6-8/h3-4,8,15H,5-6H2,1-2H3. The SMILES string of the molecule is Cc1cc(Cl)c(N(C)C(=O)C2CNC2)cc1F. The van der Waals surface area contributed by atoms with Crippen molar-refractivity contribution in [2.24, 2.45) is 5.92 Å². The van der Waals surface area contributed by atoms with E-state index in [0.29, 0.717) is 29.4 Å². The number of amides is 1. The molecule has 5 heteroatoms. The van der Waals surface area contributed by atoms with E-state index in [-0.39, 0.29) is 17.6 Å². The second kappa shape index (κ2) is 4.63. The highest BCUT2D eigenvalue weighted by Gasteiger charge is 2.29. The first kappa shape index (κ1) is 12.3. The molecule has 0 saturated carbocycles. The van der Waals surface area contributed by atoms with Gasteiger partial charge in [-0.15, -0.1) is 0 Å². The summed E-state index contributed by atoms with van der Waals surface area (Å²) in [6, 6.07) is 2.84. The van der Waals surface area contributed by atoms with Crippen LogP contribution >= 0.6 is 11.6 Å². The van der Waals surface area contributed by atoms with Gasteiger partial charge in [0.2, 0.25) is 5.91 Å². The molecule has 1 N–H and O–H groups in total. The summed E-state index contributed by atoms with van der Waals surface area (Å²) >= 11 is 6.03. The van der Waals surface area contributed by atoms with Gasteiger partial charge in [-0.1, -0.05) is 11.6 Å². The molecular weight excluding hydrogens is 243 g/mol. The van der Waals surface area contributed by atoms with Gasteiger partial charge in [-0.3, -0.25) is 4.79 Å². The van der Waals surface area contributed by atoms with E-state index in [1.807, 2.05) is 0 Å². The molecule has 1 aliphatic rings. The predicted octanol–water partition coefficient (Wildman–Crippen LogP) is 1.97. The Balaban J connectivity index is 2.26. The van der Waals surface area contributed by atoms with Crippen LogP contribution in [-0.2, 0) is 4.79 Å². The molecule has 0 radical (unpaired) electrons. The average Bonchev–Trinajstić information content (AvgIpc) is 2.20. The Kier molecular flexibility index (Phi) is 3.35. The van der Waals surface area contributed by atoms with E-state index in [0.717, 1.165) is 0 Å². The minimum atomic E-state index is -0.351. The van der Waals surface area contributed by atoms with Crippen LogP contribution in [0.4, 0.5) is 10.1 Å². The van der Waals surface area contributed by atoms with Crippen molar-refractivity contribution in [2.75, 3.05) is 25.0 Å². The Morgan fingerprint density at radius 1 is 1.53 bits per heavy atom. The maximum atomic E-state index is 13.5. The van der Waals surface area contributed by atoms with Gasteiger partial charge < -0.3 is 10.2 Å². The van der Waals surface area contributed by atoms with Crippen LogP contribution in [0.25, 0.3) is 0 Å². The molecule has 0 aliphatic carbocycles. The highest BCUT2D eigenvalue weighted by Crippen LogP contribution is 2.29. The first-order valence-corrected chi connectivity index (χ1v) is 5.82. The number of carbonyl (C=O) groups excluding carboxylic acids is 1. The van der Waals surface area contributed by atoms with Crippen LogP contribution in [0.5, 0.6) is 0 Å². The summed E-state index contributed by atoms with van der Waals surface area (Å²) in [7, 11) is 1.62. The molecule has 1 aliphatic heterocycles. The van der Waals surface area contributed by atoms with Gasteiger partial charge in [0.1, 0.15) is 5.82 Å². The number of nitrogens with one attached hydrogen (secondary N) is 1. The van der Waals surface area contributed by atoms with Crippen LogP contribution in [0.2, 0.25) is 5.02 Å². The summed E-state index contributed by atoms with van der Waals surface area (Å²) in [5, 5.41) is 3.42. The first-order valence-electron chi connectivity index (χ1n) is 5.44. The van der Waals surface area contributed by atoms with E-state index >= 15 is 0 Å². The van der Waals surface area contributed by atoms with E-state index < -0.39 is 0 Å². The molecule has 3 nitrogen and oxygen atoms in total. The van der Waals surface area contributed by atoms with E-state index in [9.17, 15) is 9.18 Å². The number of benzene rings is 1. The normalized spacial score (nSPS) is 15.5. The van der Waals surface area contributed by atoms with Gasteiger partial charge in [0.05, 0.1) is 16.6 Å². The molecule has 1 amide bonds. The zero-order valence-corrected chi connectivity index (χ0v) is 10.5. The van der Waals surface area contributed by atoms with Crippen molar-refractivity contribution in [3.8, 4) is 0 Å². The highest BCUT2D eigenvalue weighted by atomic mass is 35.5. The molecule has 1 aromatic rings. The molecule has 0 aromatic heterocycles. The van der Waals surface area contributed by atoms with Crippen molar-refractivity contribution < 1.29 is 9.18 Å². The number of hydrogen-bond donors (Lipinski definition) is 1. The summed E-state index contributed by atoms with van der Waals surface area (Å²) in [6.07, 6.45) is 0. The van der Waals surface area contributed by atoms with Gasteiger partial charge in [-0.2, -0.15) is 0 Å². The summed E-state index contributed by atoms with van der Waals surface area (Å²) in [5.74, 6) is -0.412. The Hall–Kier alpha value is -1.13. The second-order valence-electron chi connectivity index (χ2n) is 4.31. The fourth-order valence-electron chi connectivity index (χ4n) is 1.75. The average molecular weight is 257 g/mol. The van der Waals surface area contributed by atoms with Crippen LogP contribution in [0.15, 0.2) is 12.1 Å². The maximum Gasteiger partial charge on any atom is 0.232 e. The van der Waals surface area contributed by atoms with Gasteiger partial charge in [0.25, 0.3) is 0 Å². The molecule has 1 aromatic carbocycles. The van der Waals surface area contributed by atoms with Gasteiger partial charge in [0, 0.05) is 20.1 Å². The van der Waals surface area contributed by atoms with Crippen LogP contribution in [0, 0.1) is 18.7 Å². The molecule has 1 fully saturated rings. The number of carbonyl (C=O) groups is 1. The monoisotopic (exact) mass is 256 g/mol. The molecule has 17 heavy (non-hydrogen) atoms. The lowest BCUT2D eigenvalue weighted by Gasteiger charge is -2.30. The summed E-state index contributed by atoms with van der Waals surface area (Å²) < 4.78 is 13.5. The minimum Gasteiger partial charge on any atom is -0.315 e. The Bertz CT molecular complexity index is 460. The van der Waals surface area contributed by atoms with Gasteiger partial charge >= 0.3 is 0 Å². The number of anilines is 1. The fraction of sp³-hybridized carbons (Fsp3) is 0.417. The third kappa shape index (κ3) is 2.28. The molecular formula is C12H14ClFN2O. The Morgan fingerprint density at radius 2 is 2.18 bits per heavy atom. The van der Waals surface area contributed by atoms with Crippen molar-refractivity contribution >= 4 is 23.2 Å². The maximum absolute atomic E-state index is 13.5. The largest absolute Gasteiger partial charge is 0.315 e. The zero-order valence-electron chi connectivity index (χ0n) is 9.76. The van der Waals surface area contributed by atoms with Gasteiger partial charge in [-0.05, 0) is 24.6 Å². The third-order valence-electron chi connectivity index (χ3n) is 3.05.